The third-order valence-corrected chi connectivity index (χ3v) is 5.88. The molecule has 0 bridgehead atoms. The normalized spacial score (nSPS) is 22.3. The quantitative estimate of drug-likeness (QED) is 0.727. The van der Waals surface area contributed by atoms with Crippen LogP contribution < -0.4 is 4.90 Å². The van der Waals surface area contributed by atoms with Crippen molar-refractivity contribution >= 4 is 23.2 Å². The summed E-state index contributed by atoms with van der Waals surface area (Å²) < 4.78 is 39.7. The first-order valence-corrected chi connectivity index (χ1v) is 9.68. The largest absolute Gasteiger partial charge is 0.416 e. The highest BCUT2D eigenvalue weighted by Crippen LogP contribution is 2.51. The molecule has 4 rings (SSSR count). The maximum atomic E-state index is 13.2. The molecule has 0 aromatic heterocycles. The van der Waals surface area contributed by atoms with Gasteiger partial charge >= 0.3 is 6.18 Å². The minimum Gasteiger partial charge on any atom is -0.367 e. The number of rotatable bonds is 3. The Labute approximate surface area is 166 Å². The third-order valence-electron chi connectivity index (χ3n) is 5.56. The van der Waals surface area contributed by atoms with E-state index in [0.29, 0.717) is 37.6 Å². The zero-order chi connectivity index (χ0) is 19.9. The summed E-state index contributed by atoms with van der Waals surface area (Å²) >= 11 is 6.24. The van der Waals surface area contributed by atoms with Crippen molar-refractivity contribution in [3.05, 3.63) is 64.7 Å². The van der Waals surface area contributed by atoms with E-state index in [1.54, 1.807) is 11.0 Å². The van der Waals surface area contributed by atoms with Gasteiger partial charge in [-0.2, -0.15) is 13.2 Å². The molecule has 0 radical (unpaired) electrons. The predicted octanol–water partition coefficient (Wildman–Crippen LogP) is 4.81. The van der Waals surface area contributed by atoms with E-state index in [1.165, 1.54) is 12.1 Å². The van der Waals surface area contributed by atoms with E-state index < -0.39 is 11.7 Å². The Kier molecular flexibility index (Phi) is 5.00. The second-order valence-corrected chi connectivity index (χ2v) is 7.70. The van der Waals surface area contributed by atoms with E-state index in [2.05, 4.69) is 4.90 Å². The van der Waals surface area contributed by atoms with Gasteiger partial charge in [-0.3, -0.25) is 4.79 Å². The van der Waals surface area contributed by atoms with Gasteiger partial charge in [0.1, 0.15) is 0 Å². The summed E-state index contributed by atoms with van der Waals surface area (Å²) in [7, 11) is 0. The number of anilines is 1. The number of halogens is 4. The SMILES string of the molecule is O=C(C1CC1c1ccccc1C(F)(F)F)N1CCN(c2ccccc2Cl)CC1. The van der Waals surface area contributed by atoms with Crippen molar-refractivity contribution in [1.82, 2.24) is 4.90 Å². The molecule has 1 aliphatic carbocycles. The summed E-state index contributed by atoms with van der Waals surface area (Å²) in [6.07, 6.45) is -3.91. The minimum absolute atomic E-state index is 0.0409. The molecule has 28 heavy (non-hydrogen) atoms. The van der Waals surface area contributed by atoms with E-state index in [1.807, 2.05) is 24.3 Å². The first-order chi connectivity index (χ1) is 13.4. The number of amides is 1. The number of alkyl halides is 3. The van der Waals surface area contributed by atoms with Crippen LogP contribution in [0.1, 0.15) is 23.5 Å². The molecule has 2 aliphatic rings. The molecule has 0 N–H and O–H groups in total. The minimum atomic E-state index is -4.40. The van der Waals surface area contributed by atoms with Crippen LogP contribution in [0.5, 0.6) is 0 Å². The molecule has 2 aromatic carbocycles. The molecule has 1 saturated heterocycles. The van der Waals surface area contributed by atoms with Gasteiger partial charge in [-0.1, -0.05) is 41.9 Å². The summed E-state index contributed by atoms with van der Waals surface area (Å²) in [5.41, 5.74) is 0.557. The molecule has 0 spiro atoms. The number of nitrogens with zero attached hydrogens (tertiary/aromatic N) is 2. The van der Waals surface area contributed by atoms with Crippen molar-refractivity contribution in [1.29, 1.82) is 0 Å². The van der Waals surface area contributed by atoms with Crippen LogP contribution in [-0.2, 0) is 11.0 Å². The van der Waals surface area contributed by atoms with Crippen molar-refractivity contribution in [2.75, 3.05) is 31.1 Å². The second kappa shape index (κ2) is 7.32. The van der Waals surface area contributed by atoms with Crippen molar-refractivity contribution in [2.24, 2.45) is 5.92 Å². The molecular formula is C21H20ClF3N2O. The van der Waals surface area contributed by atoms with E-state index in [-0.39, 0.29) is 23.3 Å². The van der Waals surface area contributed by atoms with Gasteiger partial charge < -0.3 is 9.80 Å². The van der Waals surface area contributed by atoms with E-state index in [4.69, 9.17) is 11.6 Å². The molecule has 1 amide bonds. The maximum Gasteiger partial charge on any atom is 0.416 e. The van der Waals surface area contributed by atoms with Gasteiger partial charge in [0.05, 0.1) is 16.3 Å². The number of piperazine rings is 1. The fourth-order valence-corrected chi connectivity index (χ4v) is 4.26. The molecule has 1 saturated carbocycles. The van der Waals surface area contributed by atoms with Crippen LogP contribution in [0.4, 0.5) is 18.9 Å². The standard InChI is InChI=1S/C21H20ClF3N2O/c22-18-7-3-4-8-19(18)26-9-11-27(12-10-26)20(28)16-13-15(16)14-5-1-2-6-17(14)21(23,24)25/h1-8,15-16H,9-13H2. The predicted molar refractivity (Wildman–Crippen MR) is 103 cm³/mol. The van der Waals surface area contributed by atoms with Crippen LogP contribution in [0, 0.1) is 5.92 Å². The van der Waals surface area contributed by atoms with Gasteiger partial charge in [-0.05, 0) is 36.1 Å². The number of hydrogen-bond acceptors (Lipinski definition) is 2. The lowest BCUT2D eigenvalue weighted by molar-refractivity contribution is -0.138. The van der Waals surface area contributed by atoms with Crippen molar-refractivity contribution in [3.63, 3.8) is 0 Å². The Hall–Kier alpha value is -2.21. The van der Waals surface area contributed by atoms with E-state index in [9.17, 15) is 18.0 Å². The third kappa shape index (κ3) is 3.70. The van der Waals surface area contributed by atoms with E-state index in [0.717, 1.165) is 11.8 Å². The van der Waals surface area contributed by atoms with Crippen LogP contribution in [0.15, 0.2) is 48.5 Å². The lowest BCUT2D eigenvalue weighted by Crippen LogP contribution is -2.49. The number of para-hydroxylation sites is 1. The van der Waals surface area contributed by atoms with Gasteiger partial charge in [0.2, 0.25) is 5.91 Å². The summed E-state index contributed by atoms with van der Waals surface area (Å²) in [6.45, 7) is 2.42. The van der Waals surface area contributed by atoms with Crippen LogP contribution >= 0.6 is 11.6 Å². The molecule has 148 valence electrons. The van der Waals surface area contributed by atoms with E-state index >= 15 is 0 Å². The Morgan fingerprint density at radius 3 is 2.29 bits per heavy atom. The Morgan fingerprint density at radius 1 is 0.964 bits per heavy atom. The Balaban J connectivity index is 1.40. The van der Waals surface area contributed by atoms with Crippen LogP contribution in [0.2, 0.25) is 5.02 Å². The van der Waals surface area contributed by atoms with Crippen molar-refractivity contribution < 1.29 is 18.0 Å². The van der Waals surface area contributed by atoms with Gasteiger partial charge in [-0.15, -0.1) is 0 Å². The number of benzene rings is 2. The molecule has 2 aromatic rings. The average molecular weight is 409 g/mol. The highest BCUT2D eigenvalue weighted by Gasteiger charge is 2.49. The zero-order valence-electron chi connectivity index (χ0n) is 15.1. The van der Waals surface area contributed by atoms with Gasteiger partial charge in [-0.25, -0.2) is 0 Å². The number of carbonyl (C=O) groups excluding carboxylic acids is 1. The molecular weight excluding hydrogens is 389 g/mol. The Bertz CT molecular complexity index is 878. The van der Waals surface area contributed by atoms with Crippen molar-refractivity contribution in [2.45, 2.75) is 18.5 Å². The molecule has 1 heterocycles. The van der Waals surface area contributed by atoms with Gasteiger partial charge in [0, 0.05) is 32.1 Å². The smallest absolute Gasteiger partial charge is 0.367 e. The summed E-state index contributed by atoms with van der Waals surface area (Å²) in [5.74, 6) is -0.733. The fraction of sp³-hybridized carbons (Fsp3) is 0.381. The average Bonchev–Trinajstić information content (AvgIpc) is 3.48. The molecule has 3 nitrogen and oxygen atoms in total. The summed E-state index contributed by atoms with van der Waals surface area (Å²) in [4.78, 5) is 16.7. The first kappa shape index (κ1) is 19.1. The molecule has 7 heteroatoms. The second-order valence-electron chi connectivity index (χ2n) is 7.30. The first-order valence-electron chi connectivity index (χ1n) is 9.30. The number of carbonyl (C=O) groups is 1. The monoisotopic (exact) mass is 408 g/mol. The molecule has 1 aliphatic heterocycles. The molecule has 2 atom stereocenters. The van der Waals surface area contributed by atoms with Gasteiger partial charge in [0.15, 0.2) is 0 Å². The number of hydrogen-bond donors (Lipinski definition) is 0. The van der Waals surface area contributed by atoms with Crippen LogP contribution in [-0.4, -0.2) is 37.0 Å². The lowest BCUT2D eigenvalue weighted by atomic mass is 10.0. The van der Waals surface area contributed by atoms with Crippen LogP contribution in [0.25, 0.3) is 0 Å². The van der Waals surface area contributed by atoms with Gasteiger partial charge in [0.25, 0.3) is 0 Å². The zero-order valence-corrected chi connectivity index (χ0v) is 15.9. The summed E-state index contributed by atoms with van der Waals surface area (Å²) in [5, 5.41) is 0.674. The highest BCUT2D eigenvalue weighted by atomic mass is 35.5. The lowest BCUT2D eigenvalue weighted by Gasteiger charge is -2.36. The maximum absolute atomic E-state index is 13.2. The highest BCUT2D eigenvalue weighted by molar-refractivity contribution is 6.33. The Morgan fingerprint density at radius 2 is 1.61 bits per heavy atom. The molecule has 2 unspecified atom stereocenters. The van der Waals surface area contributed by atoms with Crippen molar-refractivity contribution in [3.8, 4) is 0 Å². The topological polar surface area (TPSA) is 23.6 Å². The van der Waals surface area contributed by atoms with Crippen LogP contribution in [0.3, 0.4) is 0 Å². The molecule has 2 fully saturated rings. The summed E-state index contributed by atoms with van der Waals surface area (Å²) in [6, 6.07) is 13.2. The fourth-order valence-electron chi connectivity index (χ4n) is 4.00.